The lowest BCUT2D eigenvalue weighted by Gasteiger charge is -2.24. The Morgan fingerprint density at radius 3 is 2.62 bits per heavy atom. The molecular weight excluding hydrogens is 596 g/mol. The predicted molar refractivity (Wildman–Crippen MR) is 164 cm³/mol. The van der Waals surface area contributed by atoms with E-state index < -0.39 is 17.8 Å². The van der Waals surface area contributed by atoms with Crippen LogP contribution in [0, 0.1) is 5.82 Å². The van der Waals surface area contributed by atoms with Crippen molar-refractivity contribution in [2.24, 2.45) is 4.99 Å². The second kappa shape index (κ2) is 11.4. The van der Waals surface area contributed by atoms with E-state index in [0.717, 1.165) is 22.0 Å². The van der Waals surface area contributed by atoms with Crippen molar-refractivity contribution in [1.29, 1.82) is 0 Å². The van der Waals surface area contributed by atoms with Crippen LogP contribution in [0.15, 0.2) is 94.0 Å². The number of carbonyl (C=O) groups is 1. The van der Waals surface area contributed by atoms with E-state index in [4.69, 9.17) is 27.9 Å². The third-order valence-corrected chi connectivity index (χ3v) is 8.73. The molecule has 5 aromatic rings. The minimum absolute atomic E-state index is 0.168. The van der Waals surface area contributed by atoms with E-state index >= 15 is 0 Å². The first-order valence-corrected chi connectivity index (χ1v) is 14.8. The minimum Gasteiger partial charge on any atom is -0.463 e. The fourth-order valence-corrected chi connectivity index (χ4v) is 6.75. The molecule has 2 aromatic heterocycles. The molecule has 1 aliphatic rings. The first-order chi connectivity index (χ1) is 20.2. The number of para-hydroxylation sites is 1. The summed E-state index contributed by atoms with van der Waals surface area (Å²) in [5.41, 5.74) is 3.71. The van der Waals surface area contributed by atoms with Crippen molar-refractivity contribution in [2.75, 3.05) is 6.61 Å². The normalized spacial score (nSPS) is 15.2. The lowest BCUT2D eigenvalue weighted by atomic mass is 9.96. The standard InChI is InChI=1S/C32H24Cl2FN3O3S/c1-3-41-31(40)28-18(2)36-32-38(29(28)19-9-12-23(35)13-10-19)30(39)27(42-32)14-21-17-37(26-7-5-4-6-24(21)26)16-20-8-11-22(33)15-25(20)34/h4-15,17,29H,3,16H2,1-2H3/b27-14-/t29-/m1/s1. The molecule has 3 aromatic carbocycles. The molecule has 42 heavy (non-hydrogen) atoms. The van der Waals surface area contributed by atoms with Gasteiger partial charge in [-0.15, -0.1) is 0 Å². The molecule has 0 amide bonds. The Bertz CT molecular complexity index is 2080. The summed E-state index contributed by atoms with van der Waals surface area (Å²) in [6.45, 7) is 4.11. The van der Waals surface area contributed by atoms with E-state index in [-0.39, 0.29) is 17.7 Å². The second-order valence-electron chi connectivity index (χ2n) is 9.82. The van der Waals surface area contributed by atoms with E-state index in [2.05, 4.69) is 9.56 Å². The molecule has 10 heteroatoms. The van der Waals surface area contributed by atoms with Crippen LogP contribution in [-0.2, 0) is 16.1 Å². The number of benzene rings is 3. The first-order valence-electron chi connectivity index (χ1n) is 13.2. The lowest BCUT2D eigenvalue weighted by Crippen LogP contribution is -2.39. The number of hydrogen-bond donors (Lipinski definition) is 0. The summed E-state index contributed by atoms with van der Waals surface area (Å²) in [7, 11) is 0. The van der Waals surface area contributed by atoms with Gasteiger partial charge >= 0.3 is 5.97 Å². The fraction of sp³-hybridized carbons (Fsp3) is 0.156. The van der Waals surface area contributed by atoms with Crippen LogP contribution in [0.2, 0.25) is 10.0 Å². The highest BCUT2D eigenvalue weighted by Gasteiger charge is 2.33. The van der Waals surface area contributed by atoms with Crippen LogP contribution >= 0.6 is 34.5 Å². The summed E-state index contributed by atoms with van der Waals surface area (Å²) in [6.07, 6.45) is 3.83. The Kier molecular flexibility index (Phi) is 7.62. The van der Waals surface area contributed by atoms with Gasteiger partial charge in [-0.3, -0.25) is 9.36 Å². The molecule has 212 valence electrons. The number of rotatable bonds is 6. The zero-order valence-electron chi connectivity index (χ0n) is 22.6. The molecule has 3 heterocycles. The summed E-state index contributed by atoms with van der Waals surface area (Å²) >= 11 is 13.8. The molecule has 0 N–H and O–H groups in total. The Labute approximate surface area is 254 Å². The van der Waals surface area contributed by atoms with E-state index in [1.54, 1.807) is 38.1 Å². The number of fused-ring (bicyclic) bond motifs is 2. The van der Waals surface area contributed by atoms with E-state index in [1.807, 2.05) is 42.6 Å². The van der Waals surface area contributed by atoms with Crippen LogP contribution in [0.5, 0.6) is 0 Å². The molecule has 0 unspecified atom stereocenters. The Balaban J connectivity index is 1.51. The number of allylic oxidation sites excluding steroid dienone is 1. The number of aromatic nitrogens is 2. The van der Waals surface area contributed by atoms with Crippen LogP contribution in [0.25, 0.3) is 17.0 Å². The first kappa shape index (κ1) is 28.2. The van der Waals surface area contributed by atoms with Gasteiger partial charge < -0.3 is 9.30 Å². The van der Waals surface area contributed by atoms with Crippen molar-refractivity contribution >= 4 is 57.5 Å². The maximum atomic E-state index is 14.0. The van der Waals surface area contributed by atoms with Gasteiger partial charge in [-0.1, -0.05) is 70.9 Å². The number of halogens is 3. The van der Waals surface area contributed by atoms with E-state index in [9.17, 15) is 14.0 Å². The number of hydrogen-bond acceptors (Lipinski definition) is 5. The fourth-order valence-electron chi connectivity index (χ4n) is 5.25. The van der Waals surface area contributed by atoms with Gasteiger partial charge in [-0.25, -0.2) is 14.2 Å². The summed E-state index contributed by atoms with van der Waals surface area (Å²) in [5, 5.41) is 2.10. The minimum atomic E-state index is -0.809. The molecule has 0 bridgehead atoms. The Hall–Kier alpha value is -3.98. The molecule has 0 saturated carbocycles. The molecular formula is C32H24Cl2FN3O3S. The molecule has 0 radical (unpaired) electrons. The summed E-state index contributed by atoms with van der Waals surface area (Å²) in [5.74, 6) is -0.980. The average Bonchev–Trinajstić information content (AvgIpc) is 3.46. The quantitative estimate of drug-likeness (QED) is 0.211. The van der Waals surface area contributed by atoms with Gasteiger partial charge in [0.25, 0.3) is 5.56 Å². The van der Waals surface area contributed by atoms with Gasteiger partial charge in [-0.2, -0.15) is 0 Å². The largest absolute Gasteiger partial charge is 0.463 e. The number of carbonyl (C=O) groups excluding carboxylic acids is 1. The van der Waals surface area contributed by atoms with Crippen molar-refractivity contribution < 1.29 is 13.9 Å². The van der Waals surface area contributed by atoms with Gasteiger partial charge in [0.05, 0.1) is 28.5 Å². The van der Waals surface area contributed by atoms with Crippen LogP contribution in [-0.4, -0.2) is 21.7 Å². The zero-order valence-corrected chi connectivity index (χ0v) is 24.9. The van der Waals surface area contributed by atoms with Crippen LogP contribution in [0.4, 0.5) is 4.39 Å². The summed E-state index contributed by atoms with van der Waals surface area (Å²) in [6, 6.07) is 18.3. The molecule has 0 spiro atoms. The maximum Gasteiger partial charge on any atom is 0.338 e. The number of thiazole rings is 1. The molecule has 0 aliphatic carbocycles. The Morgan fingerprint density at radius 1 is 1.12 bits per heavy atom. The Morgan fingerprint density at radius 2 is 1.88 bits per heavy atom. The van der Waals surface area contributed by atoms with E-state index in [1.165, 1.54) is 28.0 Å². The third kappa shape index (κ3) is 5.11. The maximum absolute atomic E-state index is 14.0. The molecule has 6 rings (SSSR count). The molecule has 6 nitrogen and oxygen atoms in total. The summed E-state index contributed by atoms with van der Waals surface area (Å²) in [4.78, 5) is 32.1. The highest BCUT2D eigenvalue weighted by Crippen LogP contribution is 2.31. The predicted octanol–water partition coefficient (Wildman–Crippen LogP) is 6.25. The number of nitrogens with zero attached hydrogens (tertiary/aromatic N) is 3. The second-order valence-corrected chi connectivity index (χ2v) is 11.7. The zero-order chi connectivity index (χ0) is 29.5. The van der Waals surface area contributed by atoms with Crippen molar-refractivity contribution in [3.05, 3.63) is 136 Å². The lowest BCUT2D eigenvalue weighted by molar-refractivity contribution is -0.139. The van der Waals surface area contributed by atoms with Gasteiger partial charge in [0.15, 0.2) is 4.80 Å². The topological polar surface area (TPSA) is 65.6 Å². The molecule has 0 saturated heterocycles. The van der Waals surface area contributed by atoms with Crippen LogP contribution in [0.3, 0.4) is 0 Å². The van der Waals surface area contributed by atoms with Gasteiger partial charge in [0.2, 0.25) is 0 Å². The number of ether oxygens (including phenoxy) is 1. The van der Waals surface area contributed by atoms with Crippen LogP contribution < -0.4 is 14.9 Å². The van der Waals surface area contributed by atoms with Gasteiger partial charge in [-0.05, 0) is 61.4 Å². The number of esters is 1. The van der Waals surface area contributed by atoms with Gasteiger partial charge in [0.1, 0.15) is 5.82 Å². The van der Waals surface area contributed by atoms with Crippen molar-refractivity contribution in [1.82, 2.24) is 9.13 Å². The van der Waals surface area contributed by atoms with Crippen molar-refractivity contribution in [2.45, 2.75) is 26.4 Å². The smallest absolute Gasteiger partial charge is 0.338 e. The monoisotopic (exact) mass is 619 g/mol. The van der Waals surface area contributed by atoms with E-state index in [0.29, 0.717) is 37.2 Å². The third-order valence-electron chi connectivity index (χ3n) is 7.16. The van der Waals surface area contributed by atoms with Crippen LogP contribution in [0.1, 0.15) is 36.6 Å². The highest BCUT2D eigenvalue weighted by atomic mass is 35.5. The molecule has 1 atom stereocenters. The average molecular weight is 621 g/mol. The molecule has 0 fully saturated rings. The highest BCUT2D eigenvalue weighted by molar-refractivity contribution is 7.07. The summed E-state index contributed by atoms with van der Waals surface area (Å²) < 4.78 is 23.2. The van der Waals surface area contributed by atoms with Gasteiger partial charge in [0, 0.05) is 39.3 Å². The SMILES string of the molecule is CCOC(=O)C1=C(C)N=c2s/c(=C\c3cn(Cc4ccc(Cl)cc4Cl)c4ccccc34)c(=O)n2[C@@H]1c1ccc(F)cc1. The molecule has 1 aliphatic heterocycles. The van der Waals surface area contributed by atoms with Crippen molar-refractivity contribution in [3.63, 3.8) is 0 Å². The van der Waals surface area contributed by atoms with Crippen molar-refractivity contribution in [3.8, 4) is 0 Å².